The molecule has 18 heavy (non-hydrogen) atoms. The van der Waals surface area contributed by atoms with Crippen LogP contribution in [0.25, 0.3) is 11.3 Å². The number of aromatic nitrogens is 1. The van der Waals surface area contributed by atoms with Crippen molar-refractivity contribution in [3.8, 4) is 17.0 Å². The Hall–Kier alpha value is -1.39. The van der Waals surface area contributed by atoms with Gasteiger partial charge in [-0.2, -0.15) is 0 Å². The number of hydrogen-bond donors (Lipinski definition) is 1. The molecule has 1 N–H and O–H groups in total. The van der Waals surface area contributed by atoms with Crippen LogP contribution in [0.15, 0.2) is 23.6 Å². The Morgan fingerprint density at radius 1 is 1.39 bits per heavy atom. The van der Waals surface area contributed by atoms with Gasteiger partial charge in [-0.3, -0.25) is 0 Å². The third kappa shape index (κ3) is 2.71. The first-order valence-electron chi connectivity index (χ1n) is 6.04. The van der Waals surface area contributed by atoms with Gasteiger partial charge in [0.15, 0.2) is 0 Å². The third-order valence-electron chi connectivity index (χ3n) is 2.84. The van der Waals surface area contributed by atoms with Gasteiger partial charge in [0.1, 0.15) is 10.8 Å². The zero-order chi connectivity index (χ0) is 13.0. The lowest BCUT2D eigenvalue weighted by atomic mass is 10.1. The van der Waals surface area contributed by atoms with Crippen LogP contribution in [0, 0.1) is 0 Å². The van der Waals surface area contributed by atoms with Gasteiger partial charge in [0.25, 0.3) is 0 Å². The molecule has 0 aliphatic carbocycles. The normalized spacial score (nSPS) is 10.6. The highest BCUT2D eigenvalue weighted by Gasteiger charge is 2.07. The molecule has 1 aromatic carbocycles. The molecular formula is C14H18N2OS. The molecule has 2 rings (SSSR count). The summed E-state index contributed by atoms with van der Waals surface area (Å²) in [5.41, 5.74) is 3.42. The first-order chi connectivity index (χ1) is 8.78. The maximum absolute atomic E-state index is 5.34. The van der Waals surface area contributed by atoms with Crippen LogP contribution < -0.4 is 10.1 Å². The number of nitrogens with zero attached hydrogens (tertiary/aromatic N) is 1. The molecule has 0 aliphatic heterocycles. The summed E-state index contributed by atoms with van der Waals surface area (Å²) in [6.45, 7) is 2.95. The SMILES string of the molecule is CCc1cc(-c2csc(CNC)n2)ccc1OC. The van der Waals surface area contributed by atoms with E-state index in [0.717, 1.165) is 35.0 Å². The molecular weight excluding hydrogens is 244 g/mol. The molecule has 1 aromatic heterocycles. The van der Waals surface area contributed by atoms with Crippen molar-refractivity contribution in [2.75, 3.05) is 14.2 Å². The summed E-state index contributed by atoms with van der Waals surface area (Å²) in [6.07, 6.45) is 0.963. The minimum atomic E-state index is 0.821. The molecule has 3 nitrogen and oxygen atoms in total. The van der Waals surface area contributed by atoms with Gasteiger partial charge < -0.3 is 10.1 Å². The molecule has 0 radical (unpaired) electrons. The number of rotatable bonds is 5. The van der Waals surface area contributed by atoms with Crippen molar-refractivity contribution in [3.05, 3.63) is 34.2 Å². The number of ether oxygens (including phenoxy) is 1. The lowest BCUT2D eigenvalue weighted by Gasteiger charge is -2.07. The van der Waals surface area contributed by atoms with E-state index in [-0.39, 0.29) is 0 Å². The minimum absolute atomic E-state index is 0.821. The van der Waals surface area contributed by atoms with Crippen LogP contribution in [-0.4, -0.2) is 19.1 Å². The monoisotopic (exact) mass is 262 g/mol. The summed E-state index contributed by atoms with van der Waals surface area (Å²) in [5, 5.41) is 6.33. The molecule has 0 aliphatic rings. The summed E-state index contributed by atoms with van der Waals surface area (Å²) >= 11 is 1.69. The van der Waals surface area contributed by atoms with E-state index >= 15 is 0 Å². The first kappa shape index (κ1) is 13.1. The van der Waals surface area contributed by atoms with Crippen LogP contribution in [0.3, 0.4) is 0 Å². The maximum atomic E-state index is 5.34. The van der Waals surface area contributed by atoms with Gasteiger partial charge in [-0.05, 0) is 37.2 Å². The summed E-state index contributed by atoms with van der Waals surface area (Å²) in [6, 6.07) is 6.25. The Bertz CT molecular complexity index is 522. The Labute approximate surface area is 112 Å². The number of aryl methyl sites for hydroxylation is 1. The molecule has 0 unspecified atom stereocenters. The summed E-state index contributed by atoms with van der Waals surface area (Å²) in [5.74, 6) is 0.951. The van der Waals surface area contributed by atoms with E-state index in [2.05, 4.69) is 34.7 Å². The second kappa shape index (κ2) is 5.98. The number of methoxy groups -OCH3 is 1. The Balaban J connectivity index is 2.31. The van der Waals surface area contributed by atoms with Crippen LogP contribution in [0.5, 0.6) is 5.75 Å². The van der Waals surface area contributed by atoms with E-state index in [4.69, 9.17) is 4.74 Å². The molecule has 0 amide bonds. The van der Waals surface area contributed by atoms with Crippen molar-refractivity contribution in [2.24, 2.45) is 0 Å². The molecule has 1 heterocycles. The zero-order valence-corrected chi connectivity index (χ0v) is 11.8. The van der Waals surface area contributed by atoms with E-state index in [0.29, 0.717) is 0 Å². The number of thiazole rings is 1. The summed E-state index contributed by atoms with van der Waals surface area (Å²) < 4.78 is 5.34. The highest BCUT2D eigenvalue weighted by atomic mass is 32.1. The Morgan fingerprint density at radius 3 is 2.89 bits per heavy atom. The van der Waals surface area contributed by atoms with Crippen LogP contribution >= 0.6 is 11.3 Å². The molecule has 96 valence electrons. The van der Waals surface area contributed by atoms with E-state index in [9.17, 15) is 0 Å². The fraction of sp³-hybridized carbons (Fsp3) is 0.357. The van der Waals surface area contributed by atoms with Crippen LogP contribution in [0.2, 0.25) is 0 Å². The number of benzene rings is 1. The molecule has 2 aromatic rings. The first-order valence-corrected chi connectivity index (χ1v) is 6.92. The summed E-state index contributed by atoms with van der Waals surface area (Å²) in [4.78, 5) is 4.62. The third-order valence-corrected chi connectivity index (χ3v) is 3.69. The second-order valence-electron chi connectivity index (χ2n) is 4.04. The van der Waals surface area contributed by atoms with Gasteiger partial charge in [-0.25, -0.2) is 4.98 Å². The van der Waals surface area contributed by atoms with Crippen molar-refractivity contribution in [2.45, 2.75) is 19.9 Å². The van der Waals surface area contributed by atoms with E-state index in [1.807, 2.05) is 13.1 Å². The molecule has 0 spiro atoms. The van der Waals surface area contributed by atoms with Gasteiger partial charge >= 0.3 is 0 Å². The zero-order valence-electron chi connectivity index (χ0n) is 11.0. The highest BCUT2D eigenvalue weighted by molar-refractivity contribution is 7.09. The maximum Gasteiger partial charge on any atom is 0.122 e. The van der Waals surface area contributed by atoms with Gasteiger partial charge in [0, 0.05) is 17.5 Å². The van der Waals surface area contributed by atoms with E-state index < -0.39 is 0 Å². The second-order valence-corrected chi connectivity index (χ2v) is 4.98. The molecule has 0 fully saturated rings. The van der Waals surface area contributed by atoms with Crippen LogP contribution in [-0.2, 0) is 13.0 Å². The van der Waals surface area contributed by atoms with E-state index in [1.54, 1.807) is 18.4 Å². The smallest absolute Gasteiger partial charge is 0.122 e. The van der Waals surface area contributed by atoms with Crippen LogP contribution in [0.4, 0.5) is 0 Å². The molecule has 0 bridgehead atoms. The quantitative estimate of drug-likeness (QED) is 0.899. The van der Waals surface area contributed by atoms with E-state index in [1.165, 1.54) is 5.56 Å². The predicted octanol–water partition coefficient (Wildman–Crippen LogP) is 3.10. The fourth-order valence-electron chi connectivity index (χ4n) is 1.89. The Kier molecular flexibility index (Phi) is 4.33. The van der Waals surface area contributed by atoms with Crippen molar-refractivity contribution >= 4 is 11.3 Å². The lowest BCUT2D eigenvalue weighted by Crippen LogP contribution is -2.04. The Morgan fingerprint density at radius 2 is 2.22 bits per heavy atom. The number of nitrogens with one attached hydrogen (secondary N) is 1. The van der Waals surface area contributed by atoms with Crippen molar-refractivity contribution in [1.29, 1.82) is 0 Å². The van der Waals surface area contributed by atoms with Crippen molar-refractivity contribution in [1.82, 2.24) is 10.3 Å². The molecule has 0 atom stereocenters. The topological polar surface area (TPSA) is 34.2 Å². The standard InChI is InChI=1S/C14H18N2OS/c1-4-10-7-11(5-6-13(10)17-3)12-9-18-14(16-12)8-15-2/h5-7,9,15H,4,8H2,1-3H3. The van der Waals surface area contributed by atoms with Crippen molar-refractivity contribution in [3.63, 3.8) is 0 Å². The summed E-state index contributed by atoms with van der Waals surface area (Å²) in [7, 11) is 3.64. The average molecular weight is 262 g/mol. The molecule has 4 heteroatoms. The largest absolute Gasteiger partial charge is 0.496 e. The molecule has 0 saturated carbocycles. The van der Waals surface area contributed by atoms with Gasteiger partial charge in [-0.1, -0.05) is 6.92 Å². The van der Waals surface area contributed by atoms with Gasteiger partial charge in [-0.15, -0.1) is 11.3 Å². The highest BCUT2D eigenvalue weighted by Crippen LogP contribution is 2.27. The van der Waals surface area contributed by atoms with Crippen molar-refractivity contribution < 1.29 is 4.74 Å². The average Bonchev–Trinajstić information content (AvgIpc) is 2.87. The van der Waals surface area contributed by atoms with Gasteiger partial charge in [0.2, 0.25) is 0 Å². The van der Waals surface area contributed by atoms with Crippen LogP contribution in [0.1, 0.15) is 17.5 Å². The molecule has 0 saturated heterocycles. The van der Waals surface area contributed by atoms with Gasteiger partial charge in [0.05, 0.1) is 12.8 Å². The number of hydrogen-bond acceptors (Lipinski definition) is 4. The predicted molar refractivity (Wildman–Crippen MR) is 76.2 cm³/mol. The minimum Gasteiger partial charge on any atom is -0.496 e. The lowest BCUT2D eigenvalue weighted by molar-refractivity contribution is 0.410. The fourth-order valence-corrected chi connectivity index (χ4v) is 2.71.